The molecule has 6 heteroatoms. The van der Waals surface area contributed by atoms with Gasteiger partial charge in [-0.15, -0.1) is 0 Å². The number of carboxylic acid groups (broad SMARTS) is 1. The molecule has 1 N–H and O–H groups in total. The second-order valence-electron chi connectivity index (χ2n) is 6.78. The quantitative estimate of drug-likeness (QED) is 0.357. The molecule has 2 aromatic rings. The van der Waals surface area contributed by atoms with Gasteiger partial charge in [-0.05, 0) is 43.4 Å². The van der Waals surface area contributed by atoms with Crippen LogP contribution in [0.15, 0.2) is 48.2 Å². The number of benzene rings is 1. The number of allylic oxidation sites excluding steroid dienone is 1. The molecule has 0 bridgehead atoms. The lowest BCUT2D eigenvalue weighted by Gasteiger charge is -2.15. The number of hydrogen-bond donors (Lipinski definition) is 1. The predicted octanol–water partition coefficient (Wildman–Crippen LogP) is 5.38. The van der Waals surface area contributed by atoms with E-state index >= 15 is 0 Å². The highest BCUT2D eigenvalue weighted by atomic mass is 16.3. The highest BCUT2D eigenvalue weighted by molar-refractivity contribution is 6.01. The van der Waals surface area contributed by atoms with Gasteiger partial charge in [-0.1, -0.05) is 63.4 Å². The fraction of sp³-hybridized carbons (Fsp3) is 0.417. The predicted molar refractivity (Wildman–Crippen MR) is 120 cm³/mol. The number of Topliss-reactive ketones (excluding diaryl/α,β-unsaturated/α-hetero) is 1. The zero-order chi connectivity index (χ0) is 22.8. The number of nitrogens with zero attached hydrogens (tertiary/aromatic N) is 3. The molecular weight excluding hydrogens is 378 g/mol. The molecule has 0 radical (unpaired) electrons. The van der Waals surface area contributed by atoms with Gasteiger partial charge in [-0.2, -0.15) is 10.4 Å². The molecule has 1 unspecified atom stereocenters. The minimum absolute atomic E-state index is 0.124. The van der Waals surface area contributed by atoms with Crippen LogP contribution < -0.4 is 0 Å². The van der Waals surface area contributed by atoms with Crippen LogP contribution in [-0.4, -0.2) is 27.1 Å². The van der Waals surface area contributed by atoms with Crippen LogP contribution in [0.5, 0.6) is 0 Å². The Hall–Kier alpha value is -3.20. The van der Waals surface area contributed by atoms with Crippen molar-refractivity contribution >= 4 is 18.3 Å². The van der Waals surface area contributed by atoms with Gasteiger partial charge < -0.3 is 5.11 Å². The monoisotopic (exact) mass is 411 g/mol. The third-order valence-electron chi connectivity index (χ3n) is 4.34. The van der Waals surface area contributed by atoms with Crippen LogP contribution in [-0.2, 0) is 16.6 Å². The highest BCUT2D eigenvalue weighted by Crippen LogP contribution is 2.26. The number of hydrogen-bond acceptors (Lipinski definition) is 4. The zero-order valence-corrected chi connectivity index (χ0v) is 18.4. The van der Waals surface area contributed by atoms with Crippen molar-refractivity contribution in [3.8, 4) is 6.07 Å². The number of unbranched alkanes of at least 4 members (excludes halogenated alkanes) is 1. The van der Waals surface area contributed by atoms with E-state index in [1.807, 2.05) is 6.07 Å². The van der Waals surface area contributed by atoms with Gasteiger partial charge in [0.05, 0.1) is 11.3 Å². The summed E-state index contributed by atoms with van der Waals surface area (Å²) in [6.45, 7) is 5.66. The van der Waals surface area contributed by atoms with Gasteiger partial charge in [0.15, 0.2) is 5.78 Å². The summed E-state index contributed by atoms with van der Waals surface area (Å²) in [6.07, 6.45) is 9.89. The molecule has 0 saturated heterocycles. The fourth-order valence-corrected chi connectivity index (χ4v) is 2.87. The summed E-state index contributed by atoms with van der Waals surface area (Å²) in [5.41, 5.74) is 2.27. The summed E-state index contributed by atoms with van der Waals surface area (Å²) >= 11 is 0. The van der Waals surface area contributed by atoms with Gasteiger partial charge in [-0.3, -0.25) is 14.3 Å². The fourth-order valence-electron chi connectivity index (χ4n) is 2.87. The Morgan fingerprint density at radius 3 is 2.27 bits per heavy atom. The molecule has 0 aliphatic rings. The first kappa shape index (κ1) is 26.8. The van der Waals surface area contributed by atoms with Crippen LogP contribution in [0, 0.1) is 11.3 Å². The van der Waals surface area contributed by atoms with Gasteiger partial charge in [-0.25, -0.2) is 0 Å². The van der Waals surface area contributed by atoms with E-state index in [0.717, 1.165) is 5.92 Å². The van der Waals surface area contributed by atoms with Crippen molar-refractivity contribution < 1.29 is 14.7 Å². The summed E-state index contributed by atoms with van der Waals surface area (Å²) < 4.78 is 1.61. The molecule has 0 fully saturated rings. The smallest absolute Gasteiger partial charge is 0.290 e. The lowest BCUT2D eigenvalue weighted by Crippen LogP contribution is -1.98. The Labute approximate surface area is 179 Å². The Balaban J connectivity index is 0.000000497. The van der Waals surface area contributed by atoms with Crippen molar-refractivity contribution in [1.29, 1.82) is 5.26 Å². The van der Waals surface area contributed by atoms with E-state index in [1.54, 1.807) is 24.0 Å². The van der Waals surface area contributed by atoms with Crippen molar-refractivity contribution in [3.05, 3.63) is 59.4 Å². The standard InChI is InChI=1S/C14H22.C9H9N3O.CH2O2/c1-3-5-10-13(9-4-2)14-11-7-6-8-12-14;1-7(13)8(6-10)5-9-3-4-12(2)11-9;2-1-3/h6-8,11-13H,3-5,9-10H2,1-2H3;3-5H,1-2H3;1H,(H,2,3)/b;8-5+;. The third kappa shape index (κ3) is 11.6. The van der Waals surface area contributed by atoms with Crippen molar-refractivity contribution in [3.63, 3.8) is 0 Å². The van der Waals surface area contributed by atoms with Crippen molar-refractivity contribution in [2.24, 2.45) is 7.05 Å². The third-order valence-corrected chi connectivity index (χ3v) is 4.34. The van der Waals surface area contributed by atoms with Crippen LogP contribution in [0.1, 0.15) is 70.1 Å². The molecule has 0 amide bonds. The molecule has 1 atom stereocenters. The van der Waals surface area contributed by atoms with Crippen LogP contribution in [0.2, 0.25) is 0 Å². The molecular formula is C24H33N3O3. The van der Waals surface area contributed by atoms with Crippen molar-refractivity contribution in [2.75, 3.05) is 0 Å². The minimum Gasteiger partial charge on any atom is -0.483 e. The molecule has 1 heterocycles. The maximum Gasteiger partial charge on any atom is 0.290 e. The van der Waals surface area contributed by atoms with Gasteiger partial charge in [0.1, 0.15) is 6.07 Å². The zero-order valence-electron chi connectivity index (χ0n) is 18.4. The van der Waals surface area contributed by atoms with Crippen LogP contribution >= 0.6 is 0 Å². The van der Waals surface area contributed by atoms with E-state index < -0.39 is 0 Å². The Bertz CT molecular complexity index is 805. The largest absolute Gasteiger partial charge is 0.483 e. The van der Waals surface area contributed by atoms with Crippen LogP contribution in [0.25, 0.3) is 6.08 Å². The first-order valence-electron chi connectivity index (χ1n) is 10.2. The van der Waals surface area contributed by atoms with E-state index in [1.165, 1.54) is 50.7 Å². The lowest BCUT2D eigenvalue weighted by molar-refractivity contribution is -0.122. The van der Waals surface area contributed by atoms with Gasteiger partial charge in [0, 0.05) is 13.2 Å². The molecule has 162 valence electrons. The average molecular weight is 412 g/mol. The summed E-state index contributed by atoms with van der Waals surface area (Å²) in [6, 6.07) is 14.5. The summed E-state index contributed by atoms with van der Waals surface area (Å²) in [5.74, 6) is 0.550. The molecule has 2 rings (SSSR count). The average Bonchev–Trinajstić information content (AvgIpc) is 3.15. The Morgan fingerprint density at radius 2 is 1.83 bits per heavy atom. The normalized spacial score (nSPS) is 11.1. The SMILES string of the molecule is CC(=O)/C(C#N)=C/c1ccn(C)n1.CCCCC(CCC)c1ccccc1.O=CO. The van der Waals surface area contributed by atoms with E-state index in [2.05, 4.69) is 49.3 Å². The molecule has 0 aliphatic heterocycles. The van der Waals surface area contributed by atoms with Crippen molar-refractivity contribution in [1.82, 2.24) is 9.78 Å². The number of rotatable bonds is 8. The minimum atomic E-state index is -0.250. The lowest BCUT2D eigenvalue weighted by atomic mass is 9.90. The van der Waals surface area contributed by atoms with Gasteiger partial charge in [0.2, 0.25) is 0 Å². The molecule has 6 nitrogen and oxygen atoms in total. The van der Waals surface area contributed by atoms with E-state index in [9.17, 15) is 4.79 Å². The molecule has 1 aromatic carbocycles. The topological polar surface area (TPSA) is 96.0 Å². The van der Waals surface area contributed by atoms with E-state index in [0.29, 0.717) is 5.69 Å². The second-order valence-corrected chi connectivity index (χ2v) is 6.78. The van der Waals surface area contributed by atoms with E-state index in [-0.39, 0.29) is 17.8 Å². The van der Waals surface area contributed by atoms with Gasteiger partial charge in [0.25, 0.3) is 6.47 Å². The van der Waals surface area contributed by atoms with Gasteiger partial charge >= 0.3 is 0 Å². The number of aryl methyl sites for hydroxylation is 1. The van der Waals surface area contributed by atoms with Crippen LogP contribution in [0.3, 0.4) is 0 Å². The number of nitriles is 1. The molecule has 0 spiro atoms. The number of carbonyl (C=O) groups is 2. The summed E-state index contributed by atoms with van der Waals surface area (Å²) in [4.78, 5) is 19.2. The molecule has 0 aliphatic carbocycles. The first-order chi connectivity index (χ1) is 14.4. The number of carbonyl (C=O) groups excluding carboxylic acids is 1. The second kappa shape index (κ2) is 16.7. The molecule has 1 aromatic heterocycles. The van der Waals surface area contributed by atoms with Crippen molar-refractivity contribution in [2.45, 2.75) is 58.8 Å². The Kier molecular flexibility index (Phi) is 14.9. The number of ketones is 1. The molecule has 30 heavy (non-hydrogen) atoms. The maximum atomic E-state index is 10.9. The van der Waals surface area contributed by atoms with Crippen LogP contribution in [0.4, 0.5) is 0 Å². The Morgan fingerprint density at radius 1 is 1.20 bits per heavy atom. The maximum absolute atomic E-state index is 10.9. The summed E-state index contributed by atoms with van der Waals surface area (Å²) in [5, 5.41) is 19.5. The molecule has 0 saturated carbocycles. The highest BCUT2D eigenvalue weighted by Gasteiger charge is 2.08. The first-order valence-corrected chi connectivity index (χ1v) is 10.2. The van der Waals surface area contributed by atoms with E-state index in [4.69, 9.17) is 15.2 Å². The number of aromatic nitrogens is 2. The summed E-state index contributed by atoms with van der Waals surface area (Å²) in [7, 11) is 1.77.